The van der Waals surface area contributed by atoms with Gasteiger partial charge in [0.15, 0.2) is 0 Å². The maximum Gasteiger partial charge on any atom is 0.129 e. The fraction of sp³-hybridized carbons (Fsp3) is 1.00. The first kappa shape index (κ1) is 14.7. The molecule has 2 rings (SSSR count). The molecule has 1 heterocycles. The van der Waals surface area contributed by atoms with Crippen molar-refractivity contribution in [2.24, 2.45) is 22.7 Å². The Morgan fingerprint density at radius 1 is 1.06 bits per heavy atom. The lowest BCUT2D eigenvalue weighted by Crippen LogP contribution is -2.30. The van der Waals surface area contributed by atoms with Gasteiger partial charge in [-0.05, 0) is 22.8 Å². The van der Waals surface area contributed by atoms with Gasteiger partial charge in [-0.3, -0.25) is 0 Å². The molecule has 1 atom stereocenters. The third-order valence-electron chi connectivity index (χ3n) is 4.36. The molecule has 17 heavy (non-hydrogen) atoms. The van der Waals surface area contributed by atoms with E-state index in [-0.39, 0.29) is 5.41 Å². The Balaban J connectivity index is 1.94. The molecule has 0 radical (unpaired) electrons. The molecule has 0 aromatic rings. The summed E-state index contributed by atoms with van der Waals surface area (Å²) in [7, 11) is 0. The number of hydrogen-bond acceptors (Lipinski definition) is 2. The predicted octanol–water partition coefficient (Wildman–Crippen LogP) is 5.28. The predicted molar refractivity (Wildman–Crippen MR) is 83.4 cm³/mol. The van der Waals surface area contributed by atoms with E-state index in [1.54, 1.807) is 0 Å². The SMILES string of the molecule is CC1(C)C([C@H]2SC[C@H](C(C)(C)C)CS2)C1(Cl)Cl. The molecule has 1 unspecified atom stereocenters. The summed E-state index contributed by atoms with van der Waals surface area (Å²) in [6.07, 6.45) is 0. The molecule has 0 spiro atoms. The number of hydrogen-bond donors (Lipinski definition) is 0. The van der Waals surface area contributed by atoms with Crippen molar-refractivity contribution >= 4 is 46.7 Å². The molecule has 4 heteroatoms. The molecule has 1 saturated carbocycles. The lowest BCUT2D eigenvalue weighted by atomic mass is 9.83. The first-order chi connectivity index (χ1) is 7.58. The van der Waals surface area contributed by atoms with E-state index in [0.29, 0.717) is 15.9 Å². The van der Waals surface area contributed by atoms with E-state index in [1.807, 2.05) is 0 Å². The number of halogens is 2. The Hall–Kier alpha value is 1.28. The summed E-state index contributed by atoms with van der Waals surface area (Å²) in [4.78, 5) is 0. The van der Waals surface area contributed by atoms with Crippen molar-refractivity contribution in [2.75, 3.05) is 11.5 Å². The Bertz CT molecular complexity index is 285. The fourth-order valence-electron chi connectivity index (χ4n) is 2.42. The van der Waals surface area contributed by atoms with Crippen LogP contribution in [0.5, 0.6) is 0 Å². The standard InChI is InChI=1S/C13H22Cl2S2/c1-11(2,3)8-6-16-10(17-7-8)9-12(4,5)13(9,14)15/h8-10H,6-7H2,1-5H3/t8-,9?,10-. The first-order valence-corrected chi connectivity index (χ1v) is 9.05. The molecular weight excluding hydrogens is 291 g/mol. The lowest BCUT2D eigenvalue weighted by molar-refractivity contribution is 0.292. The maximum absolute atomic E-state index is 6.40. The number of alkyl halides is 2. The summed E-state index contributed by atoms with van der Waals surface area (Å²) in [5.74, 6) is 3.74. The molecule has 1 aliphatic heterocycles. The minimum absolute atomic E-state index is 0.0787. The summed E-state index contributed by atoms with van der Waals surface area (Å²) in [6.45, 7) is 11.4. The Morgan fingerprint density at radius 2 is 1.47 bits per heavy atom. The zero-order valence-corrected chi connectivity index (χ0v) is 14.4. The minimum Gasteiger partial charge on any atom is -0.147 e. The summed E-state index contributed by atoms with van der Waals surface area (Å²) >= 11 is 16.9. The topological polar surface area (TPSA) is 0 Å². The largest absolute Gasteiger partial charge is 0.147 e. The summed E-state index contributed by atoms with van der Waals surface area (Å²) in [5.41, 5.74) is 0.498. The summed E-state index contributed by atoms with van der Waals surface area (Å²) in [6, 6.07) is 0. The van der Waals surface area contributed by atoms with Crippen molar-refractivity contribution < 1.29 is 0 Å². The summed E-state index contributed by atoms with van der Waals surface area (Å²) in [5, 5.41) is 0. The molecule has 0 N–H and O–H groups in total. The quantitative estimate of drug-likeness (QED) is 0.604. The maximum atomic E-state index is 6.40. The van der Waals surface area contributed by atoms with E-state index < -0.39 is 4.33 Å². The molecule has 2 fully saturated rings. The van der Waals surface area contributed by atoms with E-state index in [4.69, 9.17) is 23.2 Å². The van der Waals surface area contributed by atoms with Crippen LogP contribution in [0, 0.1) is 22.7 Å². The highest BCUT2D eigenvalue weighted by Crippen LogP contribution is 2.73. The zero-order valence-electron chi connectivity index (χ0n) is 11.2. The van der Waals surface area contributed by atoms with Crippen LogP contribution in [0.15, 0.2) is 0 Å². The molecule has 1 aliphatic carbocycles. The van der Waals surface area contributed by atoms with Crippen molar-refractivity contribution in [3.05, 3.63) is 0 Å². The van der Waals surface area contributed by atoms with Gasteiger partial charge in [0, 0.05) is 11.3 Å². The molecule has 0 aromatic carbocycles. The van der Waals surface area contributed by atoms with Crippen LogP contribution >= 0.6 is 46.7 Å². The van der Waals surface area contributed by atoms with Gasteiger partial charge in [-0.2, -0.15) is 0 Å². The van der Waals surface area contributed by atoms with E-state index in [2.05, 4.69) is 58.1 Å². The highest BCUT2D eigenvalue weighted by Gasteiger charge is 2.72. The Morgan fingerprint density at radius 3 is 1.76 bits per heavy atom. The van der Waals surface area contributed by atoms with Crippen molar-refractivity contribution in [1.82, 2.24) is 0 Å². The molecule has 0 bridgehead atoms. The van der Waals surface area contributed by atoms with E-state index in [1.165, 1.54) is 11.5 Å². The zero-order chi connectivity index (χ0) is 13.1. The van der Waals surface area contributed by atoms with Crippen LogP contribution in [0.25, 0.3) is 0 Å². The van der Waals surface area contributed by atoms with Gasteiger partial charge in [0.25, 0.3) is 0 Å². The van der Waals surface area contributed by atoms with Gasteiger partial charge in [0.2, 0.25) is 0 Å². The fourth-order valence-corrected chi connectivity index (χ4v) is 8.20. The van der Waals surface area contributed by atoms with Crippen molar-refractivity contribution in [1.29, 1.82) is 0 Å². The molecule has 0 aromatic heterocycles. The van der Waals surface area contributed by atoms with Gasteiger partial charge in [0.1, 0.15) is 4.33 Å². The Labute approximate surface area is 124 Å². The molecule has 1 saturated heterocycles. The smallest absolute Gasteiger partial charge is 0.129 e. The monoisotopic (exact) mass is 312 g/mol. The molecule has 0 nitrogen and oxygen atoms in total. The molecule has 100 valence electrons. The van der Waals surface area contributed by atoms with E-state index in [0.717, 1.165) is 5.92 Å². The van der Waals surface area contributed by atoms with Crippen LogP contribution in [-0.2, 0) is 0 Å². The van der Waals surface area contributed by atoms with Gasteiger partial charge in [0.05, 0.1) is 4.58 Å². The van der Waals surface area contributed by atoms with Crippen LogP contribution in [0.2, 0.25) is 0 Å². The third kappa shape index (κ3) is 2.49. The van der Waals surface area contributed by atoms with Crippen LogP contribution in [0.4, 0.5) is 0 Å². The third-order valence-corrected chi connectivity index (χ3v) is 9.02. The van der Waals surface area contributed by atoms with Gasteiger partial charge in [-0.25, -0.2) is 0 Å². The second-order valence-corrected chi connectivity index (χ2v) is 11.0. The summed E-state index contributed by atoms with van der Waals surface area (Å²) < 4.78 is 0.0743. The van der Waals surface area contributed by atoms with Crippen molar-refractivity contribution in [3.8, 4) is 0 Å². The minimum atomic E-state index is -0.508. The first-order valence-electron chi connectivity index (χ1n) is 6.19. The number of thioether (sulfide) groups is 2. The highest BCUT2D eigenvalue weighted by atomic mass is 35.5. The average Bonchev–Trinajstić information content (AvgIpc) is 2.56. The van der Waals surface area contributed by atoms with Crippen molar-refractivity contribution in [2.45, 2.75) is 43.5 Å². The lowest BCUT2D eigenvalue weighted by Gasteiger charge is -2.36. The van der Waals surface area contributed by atoms with Gasteiger partial charge in [-0.15, -0.1) is 46.7 Å². The molecule has 2 aliphatic rings. The van der Waals surface area contributed by atoms with E-state index >= 15 is 0 Å². The molecule has 0 amide bonds. The van der Waals surface area contributed by atoms with Crippen LogP contribution in [-0.4, -0.2) is 20.4 Å². The van der Waals surface area contributed by atoms with Gasteiger partial charge >= 0.3 is 0 Å². The second kappa shape index (κ2) is 4.40. The highest BCUT2D eigenvalue weighted by molar-refractivity contribution is 8.17. The average molecular weight is 313 g/mol. The molecular formula is C13H22Cl2S2. The van der Waals surface area contributed by atoms with Crippen LogP contribution < -0.4 is 0 Å². The second-order valence-electron chi connectivity index (χ2n) is 6.92. The normalized spacial score (nSPS) is 40.1. The number of rotatable bonds is 1. The van der Waals surface area contributed by atoms with Crippen LogP contribution in [0.1, 0.15) is 34.6 Å². The van der Waals surface area contributed by atoms with Crippen molar-refractivity contribution in [3.63, 3.8) is 0 Å². The van der Waals surface area contributed by atoms with Gasteiger partial charge < -0.3 is 0 Å². The van der Waals surface area contributed by atoms with E-state index in [9.17, 15) is 0 Å². The Kier molecular flexibility index (Phi) is 3.80. The van der Waals surface area contributed by atoms with Crippen LogP contribution in [0.3, 0.4) is 0 Å². The van der Waals surface area contributed by atoms with Gasteiger partial charge in [-0.1, -0.05) is 34.6 Å².